The fourth-order valence-corrected chi connectivity index (χ4v) is 2.73. The molecule has 2 aromatic rings. The van der Waals surface area contributed by atoms with Gasteiger partial charge in [0, 0.05) is 36.8 Å². The first kappa shape index (κ1) is 17.2. The zero-order valence-corrected chi connectivity index (χ0v) is 14.2. The number of carbonyl (C=O) groups is 2. The Labute approximate surface area is 140 Å². The van der Waals surface area contributed by atoms with Crippen LogP contribution in [0.15, 0.2) is 41.8 Å². The maximum absolute atomic E-state index is 11.9. The molecule has 23 heavy (non-hydrogen) atoms. The van der Waals surface area contributed by atoms with Gasteiger partial charge in [-0.3, -0.25) is 9.59 Å². The van der Waals surface area contributed by atoms with Crippen LogP contribution in [-0.4, -0.2) is 32.0 Å². The van der Waals surface area contributed by atoms with E-state index in [1.165, 1.54) is 11.8 Å². The molecule has 1 heterocycles. The van der Waals surface area contributed by atoms with Crippen LogP contribution in [0.1, 0.15) is 11.8 Å². The summed E-state index contributed by atoms with van der Waals surface area (Å²) < 4.78 is 0. The van der Waals surface area contributed by atoms with E-state index in [9.17, 15) is 9.59 Å². The first-order chi connectivity index (χ1) is 11.1. The maximum atomic E-state index is 11.9. The zero-order chi connectivity index (χ0) is 16.7. The zero-order valence-electron chi connectivity index (χ0n) is 13.3. The van der Waals surface area contributed by atoms with Crippen molar-refractivity contribution < 1.29 is 9.59 Å². The Morgan fingerprint density at radius 3 is 2.52 bits per heavy atom. The average Bonchev–Trinajstić information content (AvgIpc) is 3.05. The Kier molecular flexibility index (Phi) is 6.31. The molecular weight excluding hydrogens is 310 g/mol. The van der Waals surface area contributed by atoms with E-state index < -0.39 is 0 Å². The summed E-state index contributed by atoms with van der Waals surface area (Å²) in [6.07, 6.45) is 0.928. The van der Waals surface area contributed by atoms with Crippen LogP contribution in [-0.2, 0) is 16.0 Å². The van der Waals surface area contributed by atoms with Crippen LogP contribution in [0.4, 0.5) is 11.4 Å². The molecule has 0 aliphatic carbocycles. The van der Waals surface area contributed by atoms with Gasteiger partial charge in [0.2, 0.25) is 11.8 Å². The molecule has 0 saturated carbocycles. The van der Waals surface area contributed by atoms with Crippen molar-refractivity contribution in [2.45, 2.75) is 13.3 Å². The second-order valence-electron chi connectivity index (χ2n) is 5.18. The number of nitrogens with zero attached hydrogens (tertiary/aromatic N) is 1. The van der Waals surface area contributed by atoms with E-state index in [0.29, 0.717) is 0 Å². The summed E-state index contributed by atoms with van der Waals surface area (Å²) in [4.78, 5) is 26.0. The Hall–Kier alpha value is -2.18. The van der Waals surface area contributed by atoms with Crippen LogP contribution in [0.3, 0.4) is 0 Å². The number of benzene rings is 1. The third-order valence-electron chi connectivity index (χ3n) is 3.42. The first-order valence-corrected chi connectivity index (χ1v) is 8.31. The van der Waals surface area contributed by atoms with Crippen molar-refractivity contribution >= 4 is 34.5 Å². The highest BCUT2D eigenvalue weighted by Crippen LogP contribution is 2.16. The minimum Gasteiger partial charge on any atom is -0.325 e. The molecule has 0 aliphatic rings. The molecule has 2 amide bonds. The monoisotopic (exact) mass is 331 g/mol. The van der Waals surface area contributed by atoms with Crippen LogP contribution in [0.25, 0.3) is 0 Å². The fourth-order valence-electron chi connectivity index (χ4n) is 2.02. The molecule has 6 heteroatoms. The lowest BCUT2D eigenvalue weighted by atomic mass is 10.2. The molecule has 2 N–H and O–H groups in total. The third kappa shape index (κ3) is 5.50. The highest BCUT2D eigenvalue weighted by atomic mass is 32.1. The molecule has 5 nitrogen and oxygen atoms in total. The van der Waals surface area contributed by atoms with Gasteiger partial charge >= 0.3 is 0 Å². The van der Waals surface area contributed by atoms with Gasteiger partial charge in [0.25, 0.3) is 0 Å². The molecule has 0 radical (unpaired) electrons. The summed E-state index contributed by atoms with van der Waals surface area (Å²) in [6, 6.07) is 11.3. The predicted molar refractivity (Wildman–Crippen MR) is 95.0 cm³/mol. The van der Waals surface area contributed by atoms with Crippen LogP contribution >= 0.6 is 11.3 Å². The van der Waals surface area contributed by atoms with E-state index in [1.807, 2.05) is 6.07 Å². The molecule has 2 rings (SSSR count). The van der Waals surface area contributed by atoms with Gasteiger partial charge in [-0.1, -0.05) is 6.07 Å². The summed E-state index contributed by atoms with van der Waals surface area (Å²) >= 11 is 1.72. The van der Waals surface area contributed by atoms with Crippen molar-refractivity contribution in [2.24, 2.45) is 0 Å². The molecule has 0 unspecified atom stereocenters. The van der Waals surface area contributed by atoms with Gasteiger partial charge in [0.05, 0.1) is 6.54 Å². The highest BCUT2D eigenvalue weighted by molar-refractivity contribution is 7.09. The average molecular weight is 331 g/mol. The van der Waals surface area contributed by atoms with Crippen molar-refractivity contribution in [3.8, 4) is 0 Å². The van der Waals surface area contributed by atoms with E-state index >= 15 is 0 Å². The molecule has 1 aromatic carbocycles. The molecule has 0 aliphatic heterocycles. The second kappa shape index (κ2) is 8.45. The minimum atomic E-state index is -0.0798. The number of thiophene rings is 1. The quantitative estimate of drug-likeness (QED) is 0.766. The summed E-state index contributed by atoms with van der Waals surface area (Å²) in [7, 11) is 1.72. The van der Waals surface area contributed by atoms with E-state index in [4.69, 9.17) is 0 Å². The fraction of sp³-hybridized carbons (Fsp3) is 0.294. The summed E-state index contributed by atoms with van der Waals surface area (Å²) in [5.74, 6) is -0.111. The van der Waals surface area contributed by atoms with Gasteiger partial charge in [-0.05, 0) is 42.1 Å². The van der Waals surface area contributed by atoms with Crippen molar-refractivity contribution in [1.82, 2.24) is 5.32 Å². The molecule has 1 aromatic heterocycles. The van der Waals surface area contributed by atoms with E-state index in [-0.39, 0.29) is 18.4 Å². The maximum Gasteiger partial charge on any atom is 0.238 e. The van der Waals surface area contributed by atoms with E-state index in [1.54, 1.807) is 47.5 Å². The van der Waals surface area contributed by atoms with Gasteiger partial charge in [-0.25, -0.2) is 0 Å². The van der Waals surface area contributed by atoms with Gasteiger partial charge in [-0.15, -0.1) is 11.3 Å². The molecular formula is C17H21N3O2S. The number of hydrogen-bond acceptors (Lipinski definition) is 4. The van der Waals surface area contributed by atoms with E-state index in [2.05, 4.69) is 22.1 Å². The molecule has 0 atom stereocenters. The standard InChI is InChI=1S/C17H21N3O2S/c1-13(21)20(2)15-7-5-14(6-8-15)19-17(22)12-18-10-9-16-4-3-11-23-16/h3-8,11,18H,9-10,12H2,1-2H3,(H,19,22). The van der Waals surface area contributed by atoms with E-state index in [0.717, 1.165) is 24.3 Å². The Balaban J connectivity index is 1.73. The Morgan fingerprint density at radius 2 is 1.91 bits per heavy atom. The van der Waals surface area contributed by atoms with Gasteiger partial charge in [-0.2, -0.15) is 0 Å². The van der Waals surface area contributed by atoms with Crippen LogP contribution < -0.4 is 15.5 Å². The van der Waals surface area contributed by atoms with Gasteiger partial charge < -0.3 is 15.5 Å². The van der Waals surface area contributed by atoms with Crippen molar-refractivity contribution in [2.75, 3.05) is 30.4 Å². The normalized spacial score (nSPS) is 10.3. The van der Waals surface area contributed by atoms with Gasteiger partial charge in [0.15, 0.2) is 0 Å². The van der Waals surface area contributed by atoms with Crippen LogP contribution in [0, 0.1) is 0 Å². The number of anilines is 2. The van der Waals surface area contributed by atoms with Crippen LogP contribution in [0.5, 0.6) is 0 Å². The second-order valence-corrected chi connectivity index (χ2v) is 6.21. The highest BCUT2D eigenvalue weighted by Gasteiger charge is 2.06. The molecule has 0 bridgehead atoms. The molecule has 0 spiro atoms. The number of hydrogen-bond donors (Lipinski definition) is 2. The largest absolute Gasteiger partial charge is 0.325 e. The van der Waals surface area contributed by atoms with Crippen molar-refractivity contribution in [3.05, 3.63) is 46.7 Å². The van der Waals surface area contributed by atoms with Crippen molar-refractivity contribution in [3.63, 3.8) is 0 Å². The number of rotatable bonds is 7. The lowest BCUT2D eigenvalue weighted by Gasteiger charge is -2.15. The molecule has 0 saturated heterocycles. The third-order valence-corrected chi connectivity index (χ3v) is 4.36. The predicted octanol–water partition coefficient (Wildman–Crippen LogP) is 2.50. The Bertz CT molecular complexity index is 638. The number of amides is 2. The van der Waals surface area contributed by atoms with Crippen LogP contribution in [0.2, 0.25) is 0 Å². The van der Waals surface area contributed by atoms with Crippen molar-refractivity contribution in [1.29, 1.82) is 0 Å². The smallest absolute Gasteiger partial charge is 0.238 e. The summed E-state index contributed by atoms with van der Waals surface area (Å²) in [5.41, 5.74) is 1.51. The SMILES string of the molecule is CC(=O)N(C)c1ccc(NC(=O)CNCCc2cccs2)cc1. The number of carbonyl (C=O) groups excluding carboxylic acids is 2. The topological polar surface area (TPSA) is 61.4 Å². The molecule has 122 valence electrons. The lowest BCUT2D eigenvalue weighted by molar-refractivity contribution is -0.116. The van der Waals surface area contributed by atoms with Gasteiger partial charge in [0.1, 0.15) is 0 Å². The minimum absolute atomic E-state index is 0.0308. The summed E-state index contributed by atoms with van der Waals surface area (Å²) in [5, 5.41) is 8.01. The molecule has 0 fully saturated rings. The lowest BCUT2D eigenvalue weighted by Crippen LogP contribution is -2.29. The first-order valence-electron chi connectivity index (χ1n) is 7.43. The summed E-state index contributed by atoms with van der Waals surface area (Å²) in [6.45, 7) is 2.56. The number of nitrogens with one attached hydrogen (secondary N) is 2. The Morgan fingerprint density at radius 1 is 1.17 bits per heavy atom.